The highest BCUT2D eigenvalue weighted by molar-refractivity contribution is 5.42. The highest BCUT2D eigenvalue weighted by Crippen LogP contribution is 2.23. The average Bonchev–Trinajstić information content (AvgIpc) is 2.28. The Labute approximate surface area is 92.1 Å². The van der Waals surface area contributed by atoms with E-state index in [4.69, 9.17) is 0 Å². The lowest BCUT2D eigenvalue weighted by molar-refractivity contribution is 0.373. The van der Waals surface area contributed by atoms with Crippen molar-refractivity contribution in [3.8, 4) is 0 Å². The van der Waals surface area contributed by atoms with E-state index in [1.54, 1.807) is 0 Å². The molecular weight excluding hydrogens is 184 g/mol. The minimum absolute atomic E-state index is 0.882. The first kappa shape index (κ1) is 10.5. The molecule has 1 aliphatic rings. The minimum atomic E-state index is 0.882. The molecule has 15 heavy (non-hydrogen) atoms. The Kier molecular flexibility index (Phi) is 3.59. The number of nitrogens with zero attached hydrogens (tertiary/aromatic N) is 1. The Morgan fingerprint density at radius 2 is 2.13 bits per heavy atom. The number of hydrogen-bond donors (Lipinski definition) is 1. The van der Waals surface area contributed by atoms with Crippen LogP contribution >= 0.6 is 0 Å². The zero-order valence-electron chi connectivity index (χ0n) is 9.50. The molecular formula is C13H20N2. The molecule has 0 saturated heterocycles. The van der Waals surface area contributed by atoms with Crippen LogP contribution in [0.25, 0.3) is 0 Å². The number of hydrogen-bond acceptors (Lipinski definition) is 2. The maximum Gasteiger partial charge on any atom is 0.0393 e. The summed E-state index contributed by atoms with van der Waals surface area (Å²) < 4.78 is 0. The molecule has 0 aliphatic heterocycles. The number of rotatable bonds is 3. The lowest BCUT2D eigenvalue weighted by atomic mass is 9.89. The van der Waals surface area contributed by atoms with Crippen LogP contribution in [0, 0.1) is 12.8 Å². The van der Waals surface area contributed by atoms with Crippen LogP contribution in [0.5, 0.6) is 0 Å². The molecule has 0 radical (unpaired) electrons. The molecule has 1 aromatic rings. The maximum absolute atomic E-state index is 4.19. The lowest BCUT2D eigenvalue weighted by Gasteiger charge is -2.22. The van der Waals surface area contributed by atoms with Gasteiger partial charge in [-0.2, -0.15) is 0 Å². The van der Waals surface area contributed by atoms with E-state index in [2.05, 4.69) is 22.4 Å². The van der Waals surface area contributed by atoms with E-state index in [0.717, 1.165) is 18.2 Å². The van der Waals surface area contributed by atoms with Crippen LogP contribution in [0.1, 0.15) is 37.8 Å². The Morgan fingerprint density at radius 3 is 2.87 bits per heavy atom. The molecule has 2 heteroatoms. The molecule has 0 unspecified atom stereocenters. The van der Waals surface area contributed by atoms with Gasteiger partial charge in [0.25, 0.3) is 0 Å². The van der Waals surface area contributed by atoms with Crippen LogP contribution in [0.2, 0.25) is 0 Å². The SMILES string of the molecule is Cc1cc(NCC2CCCCC2)ccn1. The zero-order chi connectivity index (χ0) is 10.5. The van der Waals surface area contributed by atoms with Crippen molar-refractivity contribution >= 4 is 5.69 Å². The highest BCUT2D eigenvalue weighted by atomic mass is 14.9. The maximum atomic E-state index is 4.19. The molecule has 0 amide bonds. The summed E-state index contributed by atoms with van der Waals surface area (Å²) in [4.78, 5) is 4.19. The molecule has 1 saturated carbocycles. The molecule has 1 aliphatic carbocycles. The van der Waals surface area contributed by atoms with Crippen LogP contribution in [0.4, 0.5) is 5.69 Å². The zero-order valence-corrected chi connectivity index (χ0v) is 9.50. The summed E-state index contributed by atoms with van der Waals surface area (Å²) in [6.07, 6.45) is 8.95. The van der Waals surface area contributed by atoms with E-state index in [0.29, 0.717) is 0 Å². The van der Waals surface area contributed by atoms with Crippen molar-refractivity contribution in [1.29, 1.82) is 0 Å². The fourth-order valence-corrected chi connectivity index (χ4v) is 2.31. The van der Waals surface area contributed by atoms with Gasteiger partial charge < -0.3 is 5.32 Å². The van der Waals surface area contributed by atoms with Crippen LogP contribution in [0.15, 0.2) is 18.3 Å². The summed E-state index contributed by atoms with van der Waals surface area (Å²) in [5.74, 6) is 0.882. The Hall–Kier alpha value is -1.05. The van der Waals surface area contributed by atoms with Gasteiger partial charge in [-0.25, -0.2) is 0 Å². The summed E-state index contributed by atoms with van der Waals surface area (Å²) in [7, 11) is 0. The monoisotopic (exact) mass is 204 g/mol. The van der Waals surface area contributed by atoms with Crippen molar-refractivity contribution in [3.63, 3.8) is 0 Å². The Morgan fingerprint density at radius 1 is 1.33 bits per heavy atom. The standard InChI is InChI=1S/C13H20N2/c1-11-9-13(7-8-14-11)15-10-12-5-3-2-4-6-12/h7-9,12H,2-6,10H2,1H3,(H,14,15). The first-order valence-corrected chi connectivity index (χ1v) is 6.01. The van der Waals surface area contributed by atoms with Crippen LogP contribution in [-0.4, -0.2) is 11.5 Å². The number of anilines is 1. The Balaban J connectivity index is 1.81. The minimum Gasteiger partial charge on any atom is -0.385 e. The number of aryl methyl sites for hydroxylation is 1. The predicted octanol–water partition coefficient (Wildman–Crippen LogP) is 3.38. The number of pyridine rings is 1. The van der Waals surface area contributed by atoms with Gasteiger partial charge in [0.05, 0.1) is 0 Å². The molecule has 1 aromatic heterocycles. The lowest BCUT2D eigenvalue weighted by Crippen LogP contribution is -2.17. The molecule has 0 bridgehead atoms. The van der Waals surface area contributed by atoms with Crippen LogP contribution in [-0.2, 0) is 0 Å². The van der Waals surface area contributed by atoms with E-state index in [9.17, 15) is 0 Å². The third kappa shape index (κ3) is 3.22. The van der Waals surface area contributed by atoms with Gasteiger partial charge >= 0.3 is 0 Å². The van der Waals surface area contributed by atoms with Crippen molar-refractivity contribution in [3.05, 3.63) is 24.0 Å². The first-order chi connectivity index (χ1) is 7.34. The second kappa shape index (κ2) is 5.15. The third-order valence-corrected chi connectivity index (χ3v) is 3.22. The molecule has 2 rings (SSSR count). The number of aromatic nitrogens is 1. The summed E-state index contributed by atoms with van der Waals surface area (Å²) in [6.45, 7) is 3.16. The molecule has 1 fully saturated rings. The second-order valence-electron chi connectivity index (χ2n) is 4.57. The van der Waals surface area contributed by atoms with Crippen molar-refractivity contribution in [2.75, 3.05) is 11.9 Å². The van der Waals surface area contributed by atoms with Gasteiger partial charge in [-0.15, -0.1) is 0 Å². The van der Waals surface area contributed by atoms with Crippen molar-refractivity contribution < 1.29 is 0 Å². The van der Waals surface area contributed by atoms with Gasteiger partial charge in [-0.3, -0.25) is 4.98 Å². The Bertz CT molecular complexity index is 303. The van der Waals surface area contributed by atoms with E-state index < -0.39 is 0 Å². The van der Waals surface area contributed by atoms with Gasteiger partial charge in [-0.1, -0.05) is 19.3 Å². The van der Waals surface area contributed by atoms with Crippen LogP contribution < -0.4 is 5.32 Å². The molecule has 82 valence electrons. The fraction of sp³-hybridized carbons (Fsp3) is 0.615. The third-order valence-electron chi connectivity index (χ3n) is 3.22. The molecule has 1 N–H and O–H groups in total. The molecule has 0 spiro atoms. The molecule has 2 nitrogen and oxygen atoms in total. The fourth-order valence-electron chi connectivity index (χ4n) is 2.31. The van der Waals surface area contributed by atoms with E-state index in [1.165, 1.54) is 37.8 Å². The summed E-state index contributed by atoms with van der Waals surface area (Å²) >= 11 is 0. The number of nitrogens with one attached hydrogen (secondary N) is 1. The first-order valence-electron chi connectivity index (χ1n) is 6.01. The summed E-state index contributed by atoms with van der Waals surface area (Å²) in [6, 6.07) is 4.17. The van der Waals surface area contributed by atoms with Crippen LogP contribution in [0.3, 0.4) is 0 Å². The van der Waals surface area contributed by atoms with Crippen molar-refractivity contribution in [1.82, 2.24) is 4.98 Å². The van der Waals surface area contributed by atoms with Crippen molar-refractivity contribution in [2.24, 2.45) is 5.92 Å². The quantitative estimate of drug-likeness (QED) is 0.816. The van der Waals surface area contributed by atoms with Gasteiger partial charge in [-0.05, 0) is 37.8 Å². The average molecular weight is 204 g/mol. The van der Waals surface area contributed by atoms with Gasteiger partial charge in [0.1, 0.15) is 0 Å². The highest BCUT2D eigenvalue weighted by Gasteiger charge is 2.12. The largest absolute Gasteiger partial charge is 0.385 e. The predicted molar refractivity (Wildman–Crippen MR) is 64.0 cm³/mol. The summed E-state index contributed by atoms with van der Waals surface area (Å²) in [5, 5.41) is 3.52. The van der Waals surface area contributed by atoms with E-state index >= 15 is 0 Å². The smallest absolute Gasteiger partial charge is 0.0393 e. The molecule has 0 aromatic carbocycles. The van der Waals surface area contributed by atoms with Gasteiger partial charge in [0.15, 0.2) is 0 Å². The van der Waals surface area contributed by atoms with E-state index in [1.807, 2.05) is 13.1 Å². The summed E-state index contributed by atoms with van der Waals surface area (Å²) in [5.41, 5.74) is 2.30. The molecule has 1 heterocycles. The van der Waals surface area contributed by atoms with Gasteiger partial charge in [0, 0.05) is 24.1 Å². The normalized spacial score (nSPS) is 17.7. The van der Waals surface area contributed by atoms with Crippen molar-refractivity contribution in [2.45, 2.75) is 39.0 Å². The molecule has 0 atom stereocenters. The second-order valence-corrected chi connectivity index (χ2v) is 4.57. The topological polar surface area (TPSA) is 24.9 Å². The van der Waals surface area contributed by atoms with Gasteiger partial charge in [0.2, 0.25) is 0 Å². The van der Waals surface area contributed by atoms with E-state index in [-0.39, 0.29) is 0 Å².